The van der Waals surface area contributed by atoms with Gasteiger partial charge in [-0.05, 0) is 35.4 Å². The average molecular weight is 441 g/mol. The number of nitrogens with zero attached hydrogens (tertiary/aromatic N) is 1. The first-order valence-corrected chi connectivity index (χ1v) is 10.6. The molecule has 0 aliphatic carbocycles. The van der Waals surface area contributed by atoms with Gasteiger partial charge in [0.15, 0.2) is 0 Å². The molecule has 0 spiro atoms. The Morgan fingerprint density at radius 1 is 0.967 bits per heavy atom. The van der Waals surface area contributed by atoms with Crippen LogP contribution in [0.3, 0.4) is 0 Å². The molecule has 4 nitrogen and oxygen atoms in total. The first-order valence-electron chi connectivity index (χ1n) is 9.83. The van der Waals surface area contributed by atoms with E-state index in [1.165, 1.54) is 0 Å². The maximum Gasteiger partial charge on any atom is 0.224 e. The zero-order chi connectivity index (χ0) is 20.9. The van der Waals surface area contributed by atoms with Crippen LogP contribution >= 0.6 is 23.2 Å². The Kier molecular flexibility index (Phi) is 6.46. The molecule has 1 N–H and O–H groups in total. The molecule has 3 aromatic rings. The van der Waals surface area contributed by atoms with Gasteiger partial charge in [-0.3, -0.25) is 4.79 Å². The van der Waals surface area contributed by atoms with E-state index in [4.69, 9.17) is 27.9 Å². The summed E-state index contributed by atoms with van der Waals surface area (Å²) in [5.41, 5.74) is 3.08. The van der Waals surface area contributed by atoms with Crippen molar-refractivity contribution in [3.8, 4) is 5.75 Å². The lowest BCUT2D eigenvalue weighted by Gasteiger charge is -2.36. The highest BCUT2D eigenvalue weighted by atomic mass is 35.5. The molecule has 30 heavy (non-hydrogen) atoms. The third-order valence-electron chi connectivity index (χ3n) is 5.02. The van der Waals surface area contributed by atoms with E-state index in [2.05, 4.69) is 10.2 Å². The summed E-state index contributed by atoms with van der Waals surface area (Å²) in [6, 6.07) is 23.3. The number of para-hydroxylation sites is 2. The number of ether oxygens (including phenoxy) is 1. The molecule has 0 radical (unpaired) electrons. The van der Waals surface area contributed by atoms with Gasteiger partial charge >= 0.3 is 0 Å². The lowest BCUT2D eigenvalue weighted by molar-refractivity contribution is -0.120. The molecule has 4 rings (SSSR count). The topological polar surface area (TPSA) is 41.6 Å². The number of hydrogen-bond acceptors (Lipinski definition) is 3. The Balaban J connectivity index is 1.43. The van der Waals surface area contributed by atoms with Crippen molar-refractivity contribution in [2.75, 3.05) is 18.0 Å². The second kappa shape index (κ2) is 9.41. The van der Waals surface area contributed by atoms with Crippen molar-refractivity contribution in [3.63, 3.8) is 0 Å². The number of carbonyl (C=O) groups excluding carboxylic acids is 1. The second-order valence-electron chi connectivity index (χ2n) is 7.30. The van der Waals surface area contributed by atoms with E-state index in [-0.39, 0.29) is 12.0 Å². The van der Waals surface area contributed by atoms with Gasteiger partial charge < -0.3 is 15.0 Å². The van der Waals surface area contributed by atoms with Crippen molar-refractivity contribution in [3.05, 3.63) is 94.0 Å². The van der Waals surface area contributed by atoms with Crippen LogP contribution in [0.2, 0.25) is 10.0 Å². The van der Waals surface area contributed by atoms with Gasteiger partial charge in [0, 0.05) is 6.54 Å². The largest absolute Gasteiger partial charge is 0.485 e. The smallest absolute Gasteiger partial charge is 0.224 e. The molecule has 6 heteroatoms. The summed E-state index contributed by atoms with van der Waals surface area (Å²) >= 11 is 12.2. The van der Waals surface area contributed by atoms with Gasteiger partial charge in [-0.2, -0.15) is 0 Å². The highest BCUT2D eigenvalue weighted by Crippen LogP contribution is 2.34. The number of amides is 1. The van der Waals surface area contributed by atoms with E-state index in [0.717, 1.165) is 22.6 Å². The fourth-order valence-electron chi connectivity index (χ4n) is 3.56. The summed E-state index contributed by atoms with van der Waals surface area (Å²) in [4.78, 5) is 14.6. The minimum atomic E-state index is -0.151. The lowest BCUT2D eigenvalue weighted by Crippen LogP contribution is -2.46. The molecule has 1 heterocycles. The number of hydrogen-bond donors (Lipinski definition) is 1. The molecule has 1 atom stereocenters. The van der Waals surface area contributed by atoms with Crippen LogP contribution in [0.4, 0.5) is 5.69 Å². The van der Waals surface area contributed by atoms with Gasteiger partial charge in [0.2, 0.25) is 5.91 Å². The number of fused-ring (bicyclic) bond motifs is 1. The zero-order valence-electron chi connectivity index (χ0n) is 16.4. The second-order valence-corrected chi connectivity index (χ2v) is 8.12. The van der Waals surface area contributed by atoms with Gasteiger partial charge in [0.1, 0.15) is 11.9 Å². The Hall–Kier alpha value is -2.69. The number of halogens is 2. The molecule has 0 bridgehead atoms. The van der Waals surface area contributed by atoms with Crippen LogP contribution in [-0.2, 0) is 17.8 Å². The summed E-state index contributed by atoms with van der Waals surface area (Å²) in [6.45, 7) is 1.77. The normalized spacial score (nSPS) is 15.3. The summed E-state index contributed by atoms with van der Waals surface area (Å²) in [6.07, 6.45) is 0.208. The molecule has 1 aliphatic rings. The van der Waals surface area contributed by atoms with E-state index in [1.807, 2.05) is 72.8 Å². The summed E-state index contributed by atoms with van der Waals surface area (Å²) in [7, 11) is 0. The first kappa shape index (κ1) is 20.6. The Labute approximate surface area is 186 Å². The van der Waals surface area contributed by atoms with Crippen LogP contribution in [0.1, 0.15) is 11.1 Å². The van der Waals surface area contributed by atoms with Crippen LogP contribution in [0, 0.1) is 0 Å². The molecule has 0 aromatic heterocycles. The van der Waals surface area contributed by atoms with E-state index >= 15 is 0 Å². The average Bonchev–Trinajstić information content (AvgIpc) is 2.76. The first-order chi connectivity index (χ1) is 14.6. The summed E-state index contributed by atoms with van der Waals surface area (Å²) < 4.78 is 6.14. The summed E-state index contributed by atoms with van der Waals surface area (Å²) in [5.74, 6) is 0.797. The molecule has 1 aliphatic heterocycles. The molecule has 3 aromatic carbocycles. The SMILES string of the molecule is O=C(Cc1ccccc1)NCC1CN(Cc2ccc(Cl)c(Cl)c2)c2ccccc2O1. The standard InChI is InChI=1S/C24H22Cl2N2O2/c25-20-11-10-18(12-21(20)26)15-28-16-19(30-23-9-5-4-8-22(23)28)14-27-24(29)13-17-6-2-1-3-7-17/h1-12,19H,13-16H2,(H,27,29). The minimum absolute atomic E-state index is 0.0142. The fraction of sp³-hybridized carbons (Fsp3) is 0.208. The van der Waals surface area contributed by atoms with E-state index in [1.54, 1.807) is 0 Å². The van der Waals surface area contributed by atoms with Gasteiger partial charge in [0.05, 0.1) is 35.2 Å². The van der Waals surface area contributed by atoms with Crippen molar-refractivity contribution in [2.24, 2.45) is 0 Å². The monoisotopic (exact) mass is 440 g/mol. The number of benzene rings is 3. The van der Waals surface area contributed by atoms with Gasteiger partial charge in [-0.1, -0.05) is 71.7 Å². The lowest BCUT2D eigenvalue weighted by atomic mass is 10.1. The third-order valence-corrected chi connectivity index (χ3v) is 5.75. The molecule has 1 amide bonds. The third kappa shape index (κ3) is 5.07. The number of anilines is 1. The van der Waals surface area contributed by atoms with E-state index in [0.29, 0.717) is 36.1 Å². The molecule has 0 fully saturated rings. The van der Waals surface area contributed by atoms with Crippen molar-refractivity contribution in [1.29, 1.82) is 0 Å². The number of rotatable bonds is 6. The van der Waals surface area contributed by atoms with Crippen molar-refractivity contribution in [2.45, 2.75) is 19.1 Å². The molecular formula is C24H22Cl2N2O2. The minimum Gasteiger partial charge on any atom is -0.485 e. The summed E-state index contributed by atoms with van der Waals surface area (Å²) in [5, 5.41) is 4.09. The van der Waals surface area contributed by atoms with Crippen LogP contribution < -0.4 is 15.0 Å². The van der Waals surface area contributed by atoms with Crippen LogP contribution in [-0.4, -0.2) is 25.1 Å². The fourth-order valence-corrected chi connectivity index (χ4v) is 3.89. The maximum absolute atomic E-state index is 12.3. The molecule has 154 valence electrons. The predicted molar refractivity (Wildman–Crippen MR) is 122 cm³/mol. The van der Waals surface area contributed by atoms with Crippen molar-refractivity contribution in [1.82, 2.24) is 5.32 Å². The zero-order valence-corrected chi connectivity index (χ0v) is 17.9. The number of carbonyl (C=O) groups is 1. The predicted octanol–water partition coefficient (Wildman–Crippen LogP) is 5.12. The maximum atomic E-state index is 12.3. The van der Waals surface area contributed by atoms with Crippen LogP contribution in [0.25, 0.3) is 0 Å². The van der Waals surface area contributed by atoms with Crippen molar-refractivity contribution >= 4 is 34.8 Å². The highest BCUT2D eigenvalue weighted by molar-refractivity contribution is 6.42. The van der Waals surface area contributed by atoms with Crippen LogP contribution in [0.15, 0.2) is 72.8 Å². The van der Waals surface area contributed by atoms with Crippen molar-refractivity contribution < 1.29 is 9.53 Å². The van der Waals surface area contributed by atoms with Gasteiger partial charge in [-0.15, -0.1) is 0 Å². The Morgan fingerprint density at radius 3 is 2.53 bits per heavy atom. The highest BCUT2D eigenvalue weighted by Gasteiger charge is 2.26. The van der Waals surface area contributed by atoms with Gasteiger partial charge in [0.25, 0.3) is 0 Å². The van der Waals surface area contributed by atoms with Gasteiger partial charge in [-0.25, -0.2) is 0 Å². The number of nitrogens with one attached hydrogen (secondary N) is 1. The molecular weight excluding hydrogens is 419 g/mol. The molecule has 0 saturated heterocycles. The van der Waals surface area contributed by atoms with E-state index in [9.17, 15) is 4.79 Å². The quantitative estimate of drug-likeness (QED) is 0.578. The molecule has 1 unspecified atom stereocenters. The molecule has 0 saturated carbocycles. The Morgan fingerprint density at radius 2 is 1.73 bits per heavy atom. The van der Waals surface area contributed by atoms with E-state index < -0.39 is 0 Å². The Bertz CT molecular complexity index is 1030. The van der Waals surface area contributed by atoms with Crippen LogP contribution in [0.5, 0.6) is 5.75 Å².